The Labute approximate surface area is 55.0 Å². The summed E-state index contributed by atoms with van der Waals surface area (Å²) >= 11 is 0. The van der Waals surface area contributed by atoms with Crippen molar-refractivity contribution in [2.75, 3.05) is 13.6 Å². The second-order valence-electron chi connectivity index (χ2n) is 1.81. The summed E-state index contributed by atoms with van der Waals surface area (Å²) in [5.41, 5.74) is 0. The van der Waals surface area contributed by atoms with Crippen LogP contribution in [0.4, 0.5) is 0 Å². The van der Waals surface area contributed by atoms with Gasteiger partial charge in [-0.3, -0.25) is 0 Å². The Morgan fingerprint density at radius 2 is 1.62 bits per heavy atom. The summed E-state index contributed by atoms with van der Waals surface area (Å²) in [5, 5.41) is 3.02. The minimum Gasteiger partial charge on any atom is -0.320 e. The first-order chi connectivity index (χ1) is 3.83. The van der Waals surface area contributed by atoms with E-state index >= 15 is 0 Å². The number of nitrogens with one attached hydrogen (secondary N) is 1. The summed E-state index contributed by atoms with van der Waals surface area (Å²) in [6, 6.07) is 0. The van der Waals surface area contributed by atoms with Crippen LogP contribution >= 0.6 is 0 Å². The summed E-state index contributed by atoms with van der Waals surface area (Å²) in [5.74, 6) is 0. The Bertz CT molecular complexity index is 22.9. The molecule has 0 aliphatic rings. The smallest absolute Gasteiger partial charge is 0 e. The predicted molar refractivity (Wildman–Crippen MR) is 42.3 cm³/mol. The fourth-order valence-electron chi connectivity index (χ4n) is 0.250. The van der Waals surface area contributed by atoms with Gasteiger partial charge >= 0.3 is 0 Å². The second-order valence-corrected chi connectivity index (χ2v) is 1.81. The highest BCUT2D eigenvalue weighted by Gasteiger charge is 1.64. The topological polar surface area (TPSA) is 12.0 Å². The molecule has 0 fully saturated rings. The third kappa shape index (κ3) is 38.2. The molecule has 1 heteroatoms. The third-order valence-electron chi connectivity index (χ3n) is 0.500. The molecule has 0 aromatic carbocycles. The molecule has 0 amide bonds. The molecule has 1 N–H and O–H groups in total. The van der Waals surface area contributed by atoms with Gasteiger partial charge in [0.1, 0.15) is 0 Å². The van der Waals surface area contributed by atoms with Gasteiger partial charge in [-0.2, -0.15) is 0 Å². The Balaban J connectivity index is -0.0000000800. The van der Waals surface area contributed by atoms with Gasteiger partial charge in [-0.05, 0) is 20.0 Å². The van der Waals surface area contributed by atoms with E-state index in [0.717, 1.165) is 6.54 Å². The number of hydrogen-bond acceptors (Lipinski definition) is 1. The lowest BCUT2D eigenvalue weighted by atomic mass is 10.5. The van der Waals surface area contributed by atoms with Crippen molar-refractivity contribution in [3.05, 3.63) is 0 Å². The van der Waals surface area contributed by atoms with E-state index < -0.39 is 0 Å². The lowest BCUT2D eigenvalue weighted by Gasteiger charge is -1.84. The van der Waals surface area contributed by atoms with Crippen molar-refractivity contribution in [1.29, 1.82) is 0 Å². The molecule has 0 rings (SSSR count). The van der Waals surface area contributed by atoms with Crippen LogP contribution in [-0.2, 0) is 0 Å². The fraction of sp³-hybridized carbons (Fsp3) is 1.00. The molecule has 0 aliphatic carbocycles. The summed E-state index contributed by atoms with van der Waals surface area (Å²) in [6.07, 6.45) is 2.48. The molecule has 1 nitrogen and oxygen atoms in total. The molecule has 0 atom stereocenters. The number of rotatable bonds is 2. The highest BCUT2D eigenvalue weighted by molar-refractivity contribution is 4.28. The van der Waals surface area contributed by atoms with Gasteiger partial charge in [0.2, 0.25) is 0 Å². The molecule has 0 heterocycles. The Morgan fingerprint density at radius 1 is 1.25 bits per heavy atom. The zero-order valence-corrected chi connectivity index (χ0v) is 6.62. The molecular weight excluding hydrogens is 98.1 g/mol. The predicted octanol–water partition coefficient (Wildman–Crippen LogP) is 2.28. The van der Waals surface area contributed by atoms with Crippen LogP contribution in [0.25, 0.3) is 0 Å². The number of hydrogen-bond donors (Lipinski definition) is 1. The van der Waals surface area contributed by atoms with E-state index in [1.165, 1.54) is 12.8 Å². The van der Waals surface area contributed by atoms with Crippen LogP contribution in [0.15, 0.2) is 0 Å². The van der Waals surface area contributed by atoms with E-state index in [2.05, 4.69) is 26.1 Å². The SMILES string of the molecule is CCC.CCCNC.[HH]. The van der Waals surface area contributed by atoms with Crippen LogP contribution in [-0.4, -0.2) is 13.6 Å². The molecule has 0 aliphatic heterocycles. The first-order valence-electron chi connectivity index (χ1n) is 3.47. The van der Waals surface area contributed by atoms with Crippen LogP contribution in [0, 0.1) is 0 Å². The summed E-state index contributed by atoms with van der Waals surface area (Å²) < 4.78 is 0. The van der Waals surface area contributed by atoms with Gasteiger partial charge < -0.3 is 5.32 Å². The molecule has 0 saturated carbocycles. The van der Waals surface area contributed by atoms with E-state index in [9.17, 15) is 0 Å². The van der Waals surface area contributed by atoms with Crippen molar-refractivity contribution in [2.45, 2.75) is 33.6 Å². The molecule has 0 unspecified atom stereocenters. The molecule has 0 spiro atoms. The molecular formula is C7H21N. The minimum absolute atomic E-state index is 0. The maximum Gasteiger partial charge on any atom is 0 e. The quantitative estimate of drug-likeness (QED) is 0.588. The van der Waals surface area contributed by atoms with Gasteiger partial charge in [0.25, 0.3) is 0 Å². The Hall–Kier alpha value is -0.0400. The van der Waals surface area contributed by atoms with Gasteiger partial charge in [-0.15, -0.1) is 0 Å². The van der Waals surface area contributed by atoms with E-state index in [0.29, 0.717) is 0 Å². The summed E-state index contributed by atoms with van der Waals surface area (Å²) in [6.45, 7) is 7.54. The van der Waals surface area contributed by atoms with Crippen molar-refractivity contribution >= 4 is 0 Å². The Morgan fingerprint density at radius 3 is 1.62 bits per heavy atom. The zero-order valence-electron chi connectivity index (χ0n) is 6.62. The fourth-order valence-corrected chi connectivity index (χ4v) is 0.250. The molecule has 0 saturated heterocycles. The maximum absolute atomic E-state index is 3.02. The maximum atomic E-state index is 3.02. The largest absolute Gasteiger partial charge is 0.320 e. The molecule has 0 radical (unpaired) electrons. The monoisotopic (exact) mass is 119 g/mol. The second kappa shape index (κ2) is 15.8. The van der Waals surface area contributed by atoms with Crippen molar-refractivity contribution in [3.63, 3.8) is 0 Å². The van der Waals surface area contributed by atoms with Crippen molar-refractivity contribution < 1.29 is 1.43 Å². The van der Waals surface area contributed by atoms with Gasteiger partial charge in [-0.1, -0.05) is 27.2 Å². The zero-order chi connectivity index (χ0) is 6.83. The summed E-state index contributed by atoms with van der Waals surface area (Å²) in [4.78, 5) is 0. The van der Waals surface area contributed by atoms with Crippen molar-refractivity contribution in [2.24, 2.45) is 0 Å². The van der Waals surface area contributed by atoms with E-state index in [1.807, 2.05) is 7.05 Å². The molecule has 54 valence electrons. The van der Waals surface area contributed by atoms with Gasteiger partial charge in [0.15, 0.2) is 0 Å². The normalized spacial score (nSPS) is 7.50. The van der Waals surface area contributed by atoms with Crippen LogP contribution in [0.5, 0.6) is 0 Å². The van der Waals surface area contributed by atoms with Gasteiger partial charge in [0.05, 0.1) is 0 Å². The Kier molecular flexibility index (Phi) is 21.4. The average Bonchev–Trinajstić information content (AvgIpc) is 1.71. The van der Waals surface area contributed by atoms with Gasteiger partial charge in [0, 0.05) is 1.43 Å². The minimum atomic E-state index is 0. The third-order valence-corrected chi connectivity index (χ3v) is 0.500. The van der Waals surface area contributed by atoms with E-state index in [1.54, 1.807) is 0 Å². The van der Waals surface area contributed by atoms with E-state index in [-0.39, 0.29) is 1.43 Å². The van der Waals surface area contributed by atoms with Crippen LogP contribution in [0.1, 0.15) is 35.0 Å². The van der Waals surface area contributed by atoms with Crippen LogP contribution in [0.3, 0.4) is 0 Å². The standard InChI is InChI=1S/C4H11N.C3H8.H2/c1-3-4-5-2;1-3-2;/h5H,3-4H2,1-2H3;3H2,1-2H3;1H. The first-order valence-corrected chi connectivity index (χ1v) is 3.47. The molecule has 0 aromatic rings. The van der Waals surface area contributed by atoms with E-state index in [4.69, 9.17) is 0 Å². The van der Waals surface area contributed by atoms with Crippen LogP contribution in [0.2, 0.25) is 0 Å². The molecule has 0 bridgehead atoms. The molecule has 0 aromatic heterocycles. The highest BCUT2D eigenvalue weighted by atomic mass is 14.8. The van der Waals surface area contributed by atoms with Gasteiger partial charge in [-0.25, -0.2) is 0 Å². The lowest BCUT2D eigenvalue weighted by Crippen LogP contribution is -2.04. The molecule has 8 heavy (non-hydrogen) atoms. The van der Waals surface area contributed by atoms with Crippen molar-refractivity contribution in [1.82, 2.24) is 5.32 Å². The highest BCUT2D eigenvalue weighted by Crippen LogP contribution is 1.62. The average molecular weight is 119 g/mol. The van der Waals surface area contributed by atoms with Crippen molar-refractivity contribution in [3.8, 4) is 0 Å². The first kappa shape index (κ1) is 10.9. The van der Waals surface area contributed by atoms with Crippen LogP contribution < -0.4 is 5.32 Å². The summed E-state index contributed by atoms with van der Waals surface area (Å²) in [7, 11) is 1.96. The lowest BCUT2D eigenvalue weighted by molar-refractivity contribution is 0.772.